The maximum Gasteiger partial charge on any atom is 0.278 e. The molecule has 4 aromatic rings. The van der Waals surface area contributed by atoms with Gasteiger partial charge >= 0.3 is 0 Å². The first-order valence-corrected chi connectivity index (χ1v) is 10.9. The van der Waals surface area contributed by atoms with Gasteiger partial charge in [0, 0.05) is 0 Å². The first kappa shape index (κ1) is 19.4. The van der Waals surface area contributed by atoms with Crippen LogP contribution in [0.5, 0.6) is 17.2 Å². The largest absolute Gasteiger partial charge is 0.494 e. The molecule has 0 N–H and O–H groups in total. The first-order chi connectivity index (χ1) is 15.2. The molecule has 0 bridgehead atoms. The van der Waals surface area contributed by atoms with Crippen molar-refractivity contribution in [2.24, 2.45) is 0 Å². The average molecular weight is 433 g/mol. The van der Waals surface area contributed by atoms with Crippen molar-refractivity contribution in [3.63, 3.8) is 0 Å². The van der Waals surface area contributed by atoms with Gasteiger partial charge in [0.05, 0.1) is 22.5 Å². The van der Waals surface area contributed by atoms with E-state index < -0.39 is 6.10 Å². The lowest BCUT2D eigenvalue weighted by molar-refractivity contribution is -0.126. The highest BCUT2D eigenvalue weighted by molar-refractivity contribution is 7.22. The van der Waals surface area contributed by atoms with E-state index in [1.165, 1.54) is 11.3 Å². The topological polar surface area (TPSA) is 60.9 Å². The average Bonchev–Trinajstić information content (AvgIpc) is 3.24. The molecule has 1 atom stereocenters. The number of amides is 1. The van der Waals surface area contributed by atoms with Crippen LogP contribution in [0.3, 0.4) is 0 Å². The lowest BCUT2D eigenvalue weighted by atomic mass is 10.2. The van der Waals surface area contributed by atoms with Gasteiger partial charge < -0.3 is 14.2 Å². The van der Waals surface area contributed by atoms with Crippen molar-refractivity contribution in [1.29, 1.82) is 0 Å². The van der Waals surface area contributed by atoms with Crippen molar-refractivity contribution in [3.8, 4) is 17.2 Å². The van der Waals surface area contributed by atoms with Crippen LogP contribution >= 0.6 is 11.3 Å². The third kappa shape index (κ3) is 3.80. The number of hydrogen-bond acceptors (Lipinski definition) is 6. The number of carbonyl (C=O) groups excluding carboxylic acids is 1. The van der Waals surface area contributed by atoms with Crippen molar-refractivity contribution >= 4 is 38.3 Å². The Labute approximate surface area is 183 Å². The molecule has 3 aromatic carbocycles. The second-order valence-corrected chi connectivity index (χ2v) is 7.94. The van der Waals surface area contributed by atoms with Gasteiger partial charge in [0.1, 0.15) is 12.4 Å². The zero-order chi connectivity index (χ0) is 21.2. The summed E-state index contributed by atoms with van der Waals surface area (Å²) in [6.45, 7) is 2.64. The molecule has 156 valence electrons. The smallest absolute Gasteiger partial charge is 0.278 e. The summed E-state index contributed by atoms with van der Waals surface area (Å²) in [6, 6.07) is 22.6. The minimum atomic E-state index is -0.784. The number of benzene rings is 3. The molecule has 0 saturated heterocycles. The van der Waals surface area contributed by atoms with E-state index in [1.807, 2.05) is 73.7 Å². The van der Waals surface area contributed by atoms with E-state index in [4.69, 9.17) is 19.2 Å². The number of anilines is 2. The third-order valence-corrected chi connectivity index (χ3v) is 5.91. The quantitative estimate of drug-likeness (QED) is 0.434. The van der Waals surface area contributed by atoms with Crippen molar-refractivity contribution < 1.29 is 19.0 Å². The van der Waals surface area contributed by atoms with Crippen LogP contribution in [0, 0.1) is 0 Å². The molecule has 0 unspecified atom stereocenters. The van der Waals surface area contributed by atoms with Crippen LogP contribution in [0.2, 0.25) is 0 Å². The molecule has 0 fully saturated rings. The molecule has 1 aliphatic rings. The van der Waals surface area contributed by atoms with Gasteiger partial charge in [0.15, 0.2) is 16.6 Å². The number of nitrogens with zero attached hydrogens (tertiary/aromatic N) is 2. The summed E-state index contributed by atoms with van der Waals surface area (Å²) in [4.78, 5) is 20.0. The standard InChI is InChI=1S/C24H20N2O4S/c1-2-28-17-13-11-16(12-14-17)26(24-25-18-7-3-6-10-22(18)31-24)23(27)21-15-29-19-8-4-5-9-20(19)30-21/h3-14,21H,2,15H2,1H3/t21-/m0/s1. The molecule has 1 aromatic heterocycles. The minimum absolute atomic E-state index is 0.133. The molecule has 5 rings (SSSR count). The van der Waals surface area contributed by atoms with Crippen molar-refractivity contribution in [1.82, 2.24) is 4.98 Å². The Morgan fingerprint density at radius 1 is 1.06 bits per heavy atom. The van der Waals surface area contributed by atoms with Crippen LogP contribution in [0.25, 0.3) is 10.2 Å². The number of carbonyl (C=O) groups is 1. The normalized spacial score (nSPS) is 14.9. The number of ether oxygens (including phenoxy) is 3. The predicted molar refractivity (Wildman–Crippen MR) is 121 cm³/mol. The number of hydrogen-bond donors (Lipinski definition) is 0. The maximum absolute atomic E-state index is 13.7. The lowest BCUT2D eigenvalue weighted by Gasteiger charge is -2.29. The van der Waals surface area contributed by atoms with Crippen LogP contribution in [-0.2, 0) is 4.79 Å². The van der Waals surface area contributed by atoms with Crippen LogP contribution in [-0.4, -0.2) is 30.2 Å². The second-order valence-electron chi connectivity index (χ2n) is 6.93. The summed E-state index contributed by atoms with van der Waals surface area (Å²) in [6.07, 6.45) is -0.784. The Hall–Kier alpha value is -3.58. The van der Waals surface area contributed by atoms with Crippen LogP contribution in [0.1, 0.15) is 6.92 Å². The third-order valence-electron chi connectivity index (χ3n) is 4.88. The number of fused-ring (bicyclic) bond motifs is 2. The molecule has 7 heteroatoms. The summed E-state index contributed by atoms with van der Waals surface area (Å²) in [5.41, 5.74) is 1.53. The van der Waals surface area contributed by atoms with E-state index in [0.717, 1.165) is 16.0 Å². The molecule has 6 nitrogen and oxygen atoms in total. The fourth-order valence-electron chi connectivity index (χ4n) is 3.43. The Kier molecular flexibility index (Phi) is 5.18. The van der Waals surface area contributed by atoms with E-state index in [0.29, 0.717) is 28.9 Å². The summed E-state index contributed by atoms with van der Waals surface area (Å²) in [5, 5.41) is 0.581. The SMILES string of the molecule is CCOc1ccc(N(C(=O)[C@@H]2COc3ccccc3O2)c2nc3ccccc3s2)cc1. The second kappa shape index (κ2) is 8.28. The Morgan fingerprint density at radius 2 is 1.81 bits per heavy atom. The highest BCUT2D eigenvalue weighted by atomic mass is 32.1. The summed E-state index contributed by atoms with van der Waals surface area (Å²) >= 11 is 1.46. The Morgan fingerprint density at radius 3 is 2.58 bits per heavy atom. The molecule has 31 heavy (non-hydrogen) atoms. The first-order valence-electron chi connectivity index (χ1n) is 10.0. The van der Waals surface area contributed by atoms with Gasteiger partial charge in [-0.05, 0) is 55.5 Å². The molecule has 2 heterocycles. The molecule has 0 aliphatic carbocycles. The van der Waals surface area contributed by atoms with Crippen LogP contribution in [0.4, 0.5) is 10.8 Å². The molecule has 1 aliphatic heterocycles. The number of thiazole rings is 1. The molecule has 0 saturated carbocycles. The zero-order valence-corrected chi connectivity index (χ0v) is 17.7. The van der Waals surface area contributed by atoms with Crippen LogP contribution < -0.4 is 19.1 Å². The summed E-state index contributed by atoms with van der Waals surface area (Å²) in [5.74, 6) is 1.70. The molecular weight excluding hydrogens is 412 g/mol. The number of aromatic nitrogens is 1. The van der Waals surface area contributed by atoms with E-state index in [9.17, 15) is 4.79 Å². The van der Waals surface area contributed by atoms with Gasteiger partial charge in [-0.2, -0.15) is 0 Å². The number of para-hydroxylation sites is 3. The molecule has 0 radical (unpaired) electrons. The fraction of sp³-hybridized carbons (Fsp3) is 0.167. The van der Waals surface area contributed by atoms with Crippen molar-refractivity contribution in [2.45, 2.75) is 13.0 Å². The summed E-state index contributed by atoms with van der Waals surface area (Å²) < 4.78 is 18.3. The molecule has 0 spiro atoms. The Balaban J connectivity index is 1.52. The highest BCUT2D eigenvalue weighted by Gasteiger charge is 2.34. The molecular formula is C24H20N2O4S. The van der Waals surface area contributed by atoms with Crippen molar-refractivity contribution in [3.05, 3.63) is 72.8 Å². The van der Waals surface area contributed by atoms with E-state index in [-0.39, 0.29) is 12.5 Å². The van der Waals surface area contributed by atoms with Gasteiger partial charge in [-0.3, -0.25) is 9.69 Å². The lowest BCUT2D eigenvalue weighted by Crippen LogP contribution is -2.44. The fourth-order valence-corrected chi connectivity index (χ4v) is 4.42. The van der Waals surface area contributed by atoms with E-state index in [1.54, 1.807) is 11.0 Å². The van der Waals surface area contributed by atoms with E-state index >= 15 is 0 Å². The zero-order valence-electron chi connectivity index (χ0n) is 16.9. The van der Waals surface area contributed by atoms with Crippen LogP contribution in [0.15, 0.2) is 72.8 Å². The minimum Gasteiger partial charge on any atom is -0.494 e. The van der Waals surface area contributed by atoms with Gasteiger partial charge in [-0.15, -0.1) is 0 Å². The van der Waals surface area contributed by atoms with Gasteiger partial charge in [0.2, 0.25) is 6.10 Å². The summed E-state index contributed by atoms with van der Waals surface area (Å²) in [7, 11) is 0. The van der Waals surface area contributed by atoms with E-state index in [2.05, 4.69) is 0 Å². The maximum atomic E-state index is 13.7. The highest BCUT2D eigenvalue weighted by Crippen LogP contribution is 2.37. The van der Waals surface area contributed by atoms with Crippen molar-refractivity contribution in [2.75, 3.05) is 18.1 Å². The van der Waals surface area contributed by atoms with Gasteiger partial charge in [-0.25, -0.2) is 4.98 Å². The number of rotatable bonds is 5. The predicted octanol–water partition coefficient (Wildman–Crippen LogP) is 5.20. The molecule has 1 amide bonds. The van der Waals surface area contributed by atoms with Gasteiger partial charge in [0.25, 0.3) is 5.91 Å². The monoisotopic (exact) mass is 432 g/mol. The van der Waals surface area contributed by atoms with Gasteiger partial charge in [-0.1, -0.05) is 35.6 Å². The Bertz CT molecular complexity index is 1190.